The summed E-state index contributed by atoms with van der Waals surface area (Å²) in [5.74, 6) is 1.29. The fourth-order valence-corrected chi connectivity index (χ4v) is 7.70. The molecule has 0 fully saturated rings. The molecule has 0 saturated carbocycles. The summed E-state index contributed by atoms with van der Waals surface area (Å²) in [7, 11) is 0. The number of allylic oxidation sites excluding steroid dienone is 2. The fourth-order valence-electron chi connectivity index (χ4n) is 7.70. The minimum absolute atomic E-state index is 0.145. The highest BCUT2D eigenvalue weighted by molar-refractivity contribution is 6.10. The molecule has 0 amide bonds. The molecular formula is C55H88O4. The van der Waals surface area contributed by atoms with E-state index in [0.29, 0.717) is 0 Å². The predicted octanol–water partition coefficient (Wildman–Crippen LogP) is 17.2. The van der Waals surface area contributed by atoms with Crippen molar-refractivity contribution in [3.63, 3.8) is 0 Å². The Balaban J connectivity index is 1.43. The van der Waals surface area contributed by atoms with E-state index in [9.17, 15) is 9.59 Å². The van der Waals surface area contributed by atoms with E-state index in [2.05, 4.69) is 13.8 Å². The lowest BCUT2D eigenvalue weighted by atomic mass is 10.0. The average Bonchev–Trinajstić information content (AvgIpc) is 3.25. The highest BCUT2D eigenvalue weighted by Crippen LogP contribution is 2.18. The maximum atomic E-state index is 12.4. The zero-order valence-electron chi connectivity index (χ0n) is 38.3. The molecule has 0 saturated heterocycles. The zero-order valence-corrected chi connectivity index (χ0v) is 38.3. The fraction of sp³-hybridized carbons (Fsp3) is 0.673. The van der Waals surface area contributed by atoms with Gasteiger partial charge in [-0.15, -0.1) is 0 Å². The molecule has 0 unspecified atom stereocenters. The third-order valence-corrected chi connectivity index (χ3v) is 11.6. The lowest BCUT2D eigenvalue weighted by Crippen LogP contribution is -2.02. The Hall–Kier alpha value is -3.14. The van der Waals surface area contributed by atoms with E-state index in [4.69, 9.17) is 9.47 Å². The highest BCUT2D eigenvalue weighted by Gasteiger charge is 2.05. The van der Waals surface area contributed by atoms with E-state index in [1.165, 1.54) is 205 Å². The quantitative estimate of drug-likeness (QED) is 0.0381. The van der Waals surface area contributed by atoms with Crippen LogP contribution in [0.25, 0.3) is 12.2 Å². The standard InChI is InChI=1S/C55H88O4/c1-3-5-7-9-11-13-15-17-19-21-23-25-27-29-31-33-47-58-54-43-37-50(38-44-54)35-41-52(56)49-53(57)42-36-51-39-45-55(46-40-51)59-48-34-32-30-28-26-24-22-20-18-16-14-12-10-8-6-4-2/h35-46H,3-34,47-49H2,1-2H3/b41-35+,42-36+. The van der Waals surface area contributed by atoms with Crippen LogP contribution in [-0.2, 0) is 9.59 Å². The summed E-state index contributed by atoms with van der Waals surface area (Å²) in [6, 6.07) is 15.6. The first-order chi connectivity index (χ1) is 29.1. The van der Waals surface area contributed by atoms with E-state index in [1.807, 2.05) is 48.5 Å². The minimum atomic E-state index is -0.207. The Morgan fingerprint density at radius 1 is 0.356 bits per heavy atom. The van der Waals surface area contributed by atoms with Crippen molar-refractivity contribution in [3.05, 3.63) is 71.8 Å². The maximum Gasteiger partial charge on any atom is 0.163 e. The summed E-state index contributed by atoms with van der Waals surface area (Å²) in [5.41, 5.74) is 1.82. The molecule has 0 aromatic heterocycles. The maximum absolute atomic E-state index is 12.4. The van der Waals surface area contributed by atoms with Crippen LogP contribution >= 0.6 is 0 Å². The number of carbonyl (C=O) groups is 2. The number of unbranched alkanes of at least 4 members (excludes halogenated alkanes) is 30. The van der Waals surface area contributed by atoms with Gasteiger partial charge in [-0.25, -0.2) is 0 Å². The van der Waals surface area contributed by atoms with E-state index in [0.717, 1.165) is 48.7 Å². The molecule has 2 aromatic carbocycles. The van der Waals surface area contributed by atoms with Crippen molar-refractivity contribution in [2.45, 2.75) is 226 Å². The molecule has 0 bridgehead atoms. The monoisotopic (exact) mass is 813 g/mol. The lowest BCUT2D eigenvalue weighted by molar-refractivity contribution is -0.121. The number of hydrogen-bond acceptors (Lipinski definition) is 4. The van der Waals surface area contributed by atoms with Crippen molar-refractivity contribution in [1.82, 2.24) is 0 Å². The van der Waals surface area contributed by atoms with Gasteiger partial charge in [0.05, 0.1) is 19.6 Å². The van der Waals surface area contributed by atoms with E-state index in [-0.39, 0.29) is 18.0 Å². The smallest absolute Gasteiger partial charge is 0.163 e. The number of ketones is 2. The first kappa shape index (κ1) is 52.0. The molecule has 59 heavy (non-hydrogen) atoms. The van der Waals surface area contributed by atoms with E-state index < -0.39 is 0 Å². The van der Waals surface area contributed by atoms with Gasteiger partial charge in [-0.1, -0.05) is 243 Å². The van der Waals surface area contributed by atoms with Gasteiger partial charge >= 0.3 is 0 Å². The molecule has 332 valence electrons. The highest BCUT2D eigenvalue weighted by atomic mass is 16.5. The first-order valence-corrected chi connectivity index (χ1v) is 25.0. The lowest BCUT2D eigenvalue weighted by Gasteiger charge is -2.07. The summed E-state index contributed by atoms with van der Waals surface area (Å²) in [4.78, 5) is 24.9. The van der Waals surface area contributed by atoms with Gasteiger partial charge in [0.25, 0.3) is 0 Å². The molecule has 0 aliphatic heterocycles. The Morgan fingerprint density at radius 3 is 0.847 bits per heavy atom. The molecule has 0 aliphatic rings. The third kappa shape index (κ3) is 32.3. The van der Waals surface area contributed by atoms with Crippen LogP contribution < -0.4 is 9.47 Å². The Bertz CT molecular complexity index is 1210. The van der Waals surface area contributed by atoms with Crippen molar-refractivity contribution in [2.75, 3.05) is 13.2 Å². The van der Waals surface area contributed by atoms with Gasteiger partial charge in [-0.05, 0) is 60.4 Å². The van der Waals surface area contributed by atoms with Crippen LogP contribution in [-0.4, -0.2) is 24.8 Å². The number of rotatable bonds is 42. The summed E-state index contributed by atoms with van der Waals surface area (Å²) in [6.45, 7) is 6.04. The number of ether oxygens (including phenoxy) is 2. The van der Waals surface area contributed by atoms with Crippen LogP contribution in [0.1, 0.15) is 237 Å². The van der Waals surface area contributed by atoms with Crippen LogP contribution in [0, 0.1) is 0 Å². The minimum Gasteiger partial charge on any atom is -0.494 e. The van der Waals surface area contributed by atoms with Crippen molar-refractivity contribution in [3.8, 4) is 11.5 Å². The Morgan fingerprint density at radius 2 is 0.593 bits per heavy atom. The Labute approximate surface area is 363 Å². The molecule has 0 heterocycles. The molecule has 0 spiro atoms. The summed E-state index contributed by atoms with van der Waals surface area (Å²) in [5, 5.41) is 0. The molecule has 2 aromatic rings. The number of hydrogen-bond donors (Lipinski definition) is 0. The second-order valence-electron chi connectivity index (χ2n) is 17.2. The molecule has 2 rings (SSSR count). The molecule has 4 heteroatoms. The van der Waals surface area contributed by atoms with Crippen molar-refractivity contribution in [2.24, 2.45) is 0 Å². The topological polar surface area (TPSA) is 52.6 Å². The second-order valence-corrected chi connectivity index (χ2v) is 17.2. The zero-order chi connectivity index (χ0) is 42.1. The second kappa shape index (κ2) is 39.0. The summed E-state index contributed by atoms with van der Waals surface area (Å²) < 4.78 is 11.9. The van der Waals surface area contributed by atoms with Crippen LogP contribution in [0.15, 0.2) is 60.7 Å². The van der Waals surface area contributed by atoms with Crippen LogP contribution in [0.2, 0.25) is 0 Å². The van der Waals surface area contributed by atoms with E-state index in [1.54, 1.807) is 12.2 Å². The molecule has 0 N–H and O–H groups in total. The molecule has 0 atom stereocenters. The predicted molar refractivity (Wildman–Crippen MR) is 256 cm³/mol. The molecular weight excluding hydrogens is 725 g/mol. The molecule has 4 nitrogen and oxygen atoms in total. The van der Waals surface area contributed by atoms with Crippen LogP contribution in [0.4, 0.5) is 0 Å². The van der Waals surface area contributed by atoms with Crippen molar-refractivity contribution >= 4 is 23.7 Å². The van der Waals surface area contributed by atoms with Crippen molar-refractivity contribution < 1.29 is 19.1 Å². The first-order valence-electron chi connectivity index (χ1n) is 25.0. The van der Waals surface area contributed by atoms with Gasteiger partial charge in [0.15, 0.2) is 11.6 Å². The van der Waals surface area contributed by atoms with Gasteiger partial charge in [-0.2, -0.15) is 0 Å². The largest absolute Gasteiger partial charge is 0.494 e. The molecule has 0 aliphatic carbocycles. The van der Waals surface area contributed by atoms with Gasteiger partial charge in [0.2, 0.25) is 0 Å². The normalized spacial score (nSPS) is 11.6. The number of benzene rings is 2. The summed E-state index contributed by atoms with van der Waals surface area (Å²) in [6.07, 6.45) is 50.0. The summed E-state index contributed by atoms with van der Waals surface area (Å²) >= 11 is 0. The Kier molecular flexibility index (Phi) is 34.4. The van der Waals surface area contributed by atoms with Gasteiger partial charge in [0.1, 0.15) is 11.5 Å². The number of carbonyl (C=O) groups excluding carboxylic acids is 2. The van der Waals surface area contributed by atoms with Crippen molar-refractivity contribution in [1.29, 1.82) is 0 Å². The molecule has 0 radical (unpaired) electrons. The van der Waals surface area contributed by atoms with Gasteiger partial charge in [0, 0.05) is 0 Å². The third-order valence-electron chi connectivity index (χ3n) is 11.6. The average molecular weight is 813 g/mol. The van der Waals surface area contributed by atoms with Crippen LogP contribution in [0.5, 0.6) is 11.5 Å². The van der Waals surface area contributed by atoms with Gasteiger partial charge in [-0.3, -0.25) is 9.59 Å². The van der Waals surface area contributed by atoms with E-state index >= 15 is 0 Å². The van der Waals surface area contributed by atoms with Crippen LogP contribution in [0.3, 0.4) is 0 Å². The SMILES string of the molecule is CCCCCCCCCCCCCCCCCCOc1ccc(/C=C/C(=O)CC(=O)/C=C/c2ccc(OCCCCCCCCCCCCCCCCCC)cc2)cc1. The van der Waals surface area contributed by atoms with Gasteiger partial charge < -0.3 is 9.47 Å².